The van der Waals surface area contributed by atoms with E-state index in [-0.39, 0.29) is 30.2 Å². The average Bonchev–Trinajstić information content (AvgIpc) is 2.96. The minimum atomic E-state index is -0.316. The molecule has 142 valence electrons. The molecule has 2 aliphatic heterocycles. The lowest BCUT2D eigenvalue weighted by atomic mass is 9.89. The van der Waals surface area contributed by atoms with Crippen molar-refractivity contribution in [3.05, 3.63) is 35.4 Å². The van der Waals surface area contributed by atoms with Gasteiger partial charge in [-0.3, -0.25) is 9.59 Å². The number of ether oxygens (including phenoxy) is 1. The number of carbonyl (C=O) groups is 2. The molecule has 2 fully saturated rings. The number of benzene rings is 1. The number of carbonyl (C=O) groups excluding carboxylic acids is 2. The van der Waals surface area contributed by atoms with Gasteiger partial charge in [0.15, 0.2) is 0 Å². The van der Waals surface area contributed by atoms with Gasteiger partial charge in [0.1, 0.15) is 0 Å². The maximum Gasteiger partial charge on any atom is 0.228 e. The normalized spacial score (nSPS) is 24.3. The number of aryl methyl sites for hydroxylation is 1. The summed E-state index contributed by atoms with van der Waals surface area (Å²) >= 11 is 0. The second-order valence-corrected chi connectivity index (χ2v) is 7.32. The van der Waals surface area contributed by atoms with Gasteiger partial charge in [-0.05, 0) is 25.1 Å². The zero-order valence-corrected chi connectivity index (χ0v) is 16.0. The Hall–Kier alpha value is -1.92. The third-order valence-corrected chi connectivity index (χ3v) is 5.61. The number of amides is 2. The van der Waals surface area contributed by atoms with Crippen molar-refractivity contribution >= 4 is 11.8 Å². The highest BCUT2D eigenvalue weighted by molar-refractivity contribution is 5.90. The number of nitrogens with zero attached hydrogens (tertiary/aromatic N) is 3. The van der Waals surface area contributed by atoms with Gasteiger partial charge in [-0.25, -0.2) is 0 Å². The van der Waals surface area contributed by atoms with Gasteiger partial charge >= 0.3 is 0 Å². The van der Waals surface area contributed by atoms with Crippen LogP contribution < -0.4 is 0 Å². The Morgan fingerprint density at radius 2 is 1.88 bits per heavy atom. The maximum atomic E-state index is 13.3. The Balaban J connectivity index is 1.88. The van der Waals surface area contributed by atoms with Gasteiger partial charge in [-0.1, -0.05) is 24.3 Å². The summed E-state index contributed by atoms with van der Waals surface area (Å²) in [7, 11) is 3.71. The minimum absolute atomic E-state index is 0.0442. The molecular weight excluding hydrogens is 330 g/mol. The van der Waals surface area contributed by atoms with E-state index in [9.17, 15) is 9.59 Å². The summed E-state index contributed by atoms with van der Waals surface area (Å²) in [6.07, 6.45) is 0.286. The molecule has 3 rings (SSSR count). The summed E-state index contributed by atoms with van der Waals surface area (Å²) in [5.41, 5.74) is 2.19. The van der Waals surface area contributed by atoms with Gasteiger partial charge in [0, 0.05) is 46.3 Å². The quantitative estimate of drug-likeness (QED) is 0.795. The summed E-state index contributed by atoms with van der Waals surface area (Å²) in [6.45, 7) is 6.27. The van der Waals surface area contributed by atoms with Crippen molar-refractivity contribution in [1.29, 1.82) is 0 Å². The standard InChI is InChI=1S/C20H29N3O3/c1-15-6-4-5-7-16(15)19-17(14-18(24)23(19)12-13-26-3)20(25)22-10-8-21(2)9-11-22/h4-7,17,19H,8-14H2,1-3H3/t17-,19+/m1/s1. The minimum Gasteiger partial charge on any atom is -0.383 e. The second-order valence-electron chi connectivity index (χ2n) is 7.32. The van der Waals surface area contributed by atoms with Gasteiger partial charge < -0.3 is 19.4 Å². The van der Waals surface area contributed by atoms with Crippen LogP contribution in [0.1, 0.15) is 23.6 Å². The third-order valence-electron chi connectivity index (χ3n) is 5.61. The van der Waals surface area contributed by atoms with E-state index in [1.807, 2.05) is 41.0 Å². The second kappa shape index (κ2) is 8.18. The van der Waals surface area contributed by atoms with Crippen LogP contribution in [0.3, 0.4) is 0 Å². The van der Waals surface area contributed by atoms with E-state index in [2.05, 4.69) is 11.9 Å². The lowest BCUT2D eigenvalue weighted by molar-refractivity contribution is -0.138. The molecule has 6 heteroatoms. The van der Waals surface area contributed by atoms with Crippen molar-refractivity contribution in [2.24, 2.45) is 5.92 Å². The first-order chi connectivity index (χ1) is 12.5. The number of piperazine rings is 1. The van der Waals surface area contributed by atoms with Gasteiger partial charge in [0.25, 0.3) is 0 Å². The SMILES string of the molecule is COCCN1C(=O)C[C@@H](C(=O)N2CCN(C)CC2)[C@@H]1c1ccccc1C. The monoisotopic (exact) mass is 359 g/mol. The molecule has 2 aliphatic rings. The molecule has 2 saturated heterocycles. The molecule has 0 saturated carbocycles. The molecule has 1 aromatic carbocycles. The molecule has 0 radical (unpaired) electrons. The van der Waals surface area contributed by atoms with Gasteiger partial charge in [0.2, 0.25) is 11.8 Å². The van der Waals surface area contributed by atoms with Crippen molar-refractivity contribution in [2.45, 2.75) is 19.4 Å². The molecule has 1 aromatic rings. The van der Waals surface area contributed by atoms with Crippen LogP contribution in [0.15, 0.2) is 24.3 Å². The van der Waals surface area contributed by atoms with Crippen LogP contribution in [0, 0.1) is 12.8 Å². The van der Waals surface area contributed by atoms with E-state index >= 15 is 0 Å². The lowest BCUT2D eigenvalue weighted by Crippen LogP contribution is -2.49. The number of hydrogen-bond donors (Lipinski definition) is 0. The highest BCUT2D eigenvalue weighted by Gasteiger charge is 2.46. The number of likely N-dealkylation sites (N-methyl/N-ethyl adjacent to an activating group) is 1. The number of likely N-dealkylation sites (tertiary alicyclic amines) is 1. The smallest absolute Gasteiger partial charge is 0.228 e. The molecular formula is C20H29N3O3. The Labute approximate surface area is 155 Å². The van der Waals surface area contributed by atoms with Crippen LogP contribution in [-0.2, 0) is 14.3 Å². The Morgan fingerprint density at radius 3 is 2.54 bits per heavy atom. The van der Waals surface area contributed by atoms with Gasteiger partial charge in [-0.2, -0.15) is 0 Å². The molecule has 0 unspecified atom stereocenters. The fourth-order valence-electron chi connectivity index (χ4n) is 4.03. The van der Waals surface area contributed by atoms with Crippen LogP contribution in [0.4, 0.5) is 0 Å². The Kier molecular flexibility index (Phi) is 5.94. The van der Waals surface area contributed by atoms with Crippen molar-refractivity contribution in [3.63, 3.8) is 0 Å². The number of methoxy groups -OCH3 is 1. The van der Waals surface area contributed by atoms with Crippen molar-refractivity contribution in [3.8, 4) is 0 Å². The van der Waals surface area contributed by atoms with Crippen molar-refractivity contribution in [1.82, 2.24) is 14.7 Å². The highest BCUT2D eigenvalue weighted by Crippen LogP contribution is 2.40. The predicted molar refractivity (Wildman–Crippen MR) is 99.7 cm³/mol. The largest absolute Gasteiger partial charge is 0.383 e. The maximum absolute atomic E-state index is 13.3. The van der Waals surface area contributed by atoms with Gasteiger partial charge in [-0.15, -0.1) is 0 Å². The summed E-state index contributed by atoms with van der Waals surface area (Å²) in [4.78, 5) is 32.0. The number of rotatable bonds is 5. The molecule has 6 nitrogen and oxygen atoms in total. The van der Waals surface area contributed by atoms with Gasteiger partial charge in [0.05, 0.1) is 18.6 Å². The fourth-order valence-corrected chi connectivity index (χ4v) is 4.03. The molecule has 2 atom stereocenters. The van der Waals surface area contributed by atoms with Crippen molar-refractivity contribution < 1.29 is 14.3 Å². The average molecular weight is 359 g/mol. The summed E-state index contributed by atoms with van der Waals surface area (Å²) in [6, 6.07) is 7.86. The lowest BCUT2D eigenvalue weighted by Gasteiger charge is -2.36. The molecule has 2 amide bonds. The van der Waals surface area contributed by atoms with E-state index in [4.69, 9.17) is 4.74 Å². The molecule has 0 bridgehead atoms. The van der Waals surface area contributed by atoms with E-state index < -0.39 is 0 Å². The summed E-state index contributed by atoms with van der Waals surface area (Å²) < 4.78 is 5.20. The third kappa shape index (κ3) is 3.76. The predicted octanol–water partition coefficient (Wildman–Crippen LogP) is 1.31. The van der Waals surface area contributed by atoms with Crippen LogP contribution in [-0.4, -0.2) is 80.0 Å². The van der Waals surface area contributed by atoms with Crippen LogP contribution in [0.2, 0.25) is 0 Å². The summed E-state index contributed by atoms with van der Waals surface area (Å²) in [5.74, 6) is -0.161. The molecule has 0 N–H and O–H groups in total. The fraction of sp³-hybridized carbons (Fsp3) is 0.600. The first-order valence-electron chi connectivity index (χ1n) is 9.34. The summed E-state index contributed by atoms with van der Waals surface area (Å²) in [5, 5.41) is 0. The first kappa shape index (κ1) is 18.9. The molecule has 0 aliphatic carbocycles. The Morgan fingerprint density at radius 1 is 1.19 bits per heavy atom. The highest BCUT2D eigenvalue weighted by atomic mass is 16.5. The van der Waals surface area contributed by atoms with E-state index in [0.717, 1.165) is 37.3 Å². The molecule has 2 heterocycles. The molecule has 0 aromatic heterocycles. The first-order valence-corrected chi connectivity index (χ1v) is 9.34. The van der Waals surface area contributed by atoms with Crippen LogP contribution in [0.25, 0.3) is 0 Å². The number of hydrogen-bond acceptors (Lipinski definition) is 4. The van der Waals surface area contributed by atoms with Crippen LogP contribution >= 0.6 is 0 Å². The molecule has 0 spiro atoms. The zero-order valence-electron chi connectivity index (χ0n) is 16.0. The van der Waals surface area contributed by atoms with Crippen LogP contribution in [0.5, 0.6) is 0 Å². The van der Waals surface area contributed by atoms with E-state index in [0.29, 0.717) is 13.2 Å². The van der Waals surface area contributed by atoms with E-state index in [1.54, 1.807) is 7.11 Å². The van der Waals surface area contributed by atoms with Crippen molar-refractivity contribution in [2.75, 3.05) is 53.5 Å². The van der Waals surface area contributed by atoms with E-state index in [1.165, 1.54) is 0 Å². The topological polar surface area (TPSA) is 53.1 Å². The Bertz CT molecular complexity index is 655. The zero-order chi connectivity index (χ0) is 18.7. The molecule has 26 heavy (non-hydrogen) atoms.